The number of aromatic nitrogens is 2. The summed E-state index contributed by atoms with van der Waals surface area (Å²) in [5, 5.41) is 8.81. The van der Waals surface area contributed by atoms with E-state index in [2.05, 4.69) is 36.7 Å². The van der Waals surface area contributed by atoms with Crippen LogP contribution in [0.1, 0.15) is 17.6 Å². The average Bonchev–Trinajstić information content (AvgIpc) is 3.21. The number of nitrogens with one attached hydrogen (secondary N) is 2. The van der Waals surface area contributed by atoms with Crippen molar-refractivity contribution >= 4 is 27.7 Å². The fourth-order valence-corrected chi connectivity index (χ4v) is 2.82. The standard InChI is InChI=1S/C20H18BrFN4O4/c1-12(29-14-6-4-5-13(21)11-14)18(27)23-9-10-24-19(28)20-25-17(26-30-20)15-7-2-3-8-16(15)22/h2-8,11-12H,9-10H2,1H3,(H,23,27)(H,24,28). The Morgan fingerprint density at radius 1 is 1.17 bits per heavy atom. The van der Waals surface area contributed by atoms with Crippen molar-refractivity contribution in [3.8, 4) is 17.1 Å². The molecule has 0 aliphatic heterocycles. The zero-order valence-electron chi connectivity index (χ0n) is 15.9. The van der Waals surface area contributed by atoms with E-state index in [4.69, 9.17) is 9.26 Å². The van der Waals surface area contributed by atoms with Crippen LogP contribution in [0.3, 0.4) is 0 Å². The summed E-state index contributed by atoms with van der Waals surface area (Å²) in [4.78, 5) is 28.1. The Bertz CT molecular complexity index is 1040. The van der Waals surface area contributed by atoms with Crippen LogP contribution in [0.5, 0.6) is 5.75 Å². The number of rotatable bonds is 8. The molecule has 0 radical (unpaired) electrons. The zero-order valence-corrected chi connectivity index (χ0v) is 17.5. The highest BCUT2D eigenvalue weighted by molar-refractivity contribution is 9.10. The predicted octanol–water partition coefficient (Wildman–Crippen LogP) is 2.95. The van der Waals surface area contributed by atoms with E-state index in [0.717, 1.165) is 4.47 Å². The number of hydrogen-bond acceptors (Lipinski definition) is 6. The third-order valence-corrected chi connectivity index (χ3v) is 4.42. The lowest BCUT2D eigenvalue weighted by atomic mass is 10.2. The first-order chi connectivity index (χ1) is 14.4. The molecule has 30 heavy (non-hydrogen) atoms. The molecule has 0 saturated heterocycles. The molecule has 3 rings (SSSR count). The molecule has 0 aliphatic rings. The number of amides is 2. The summed E-state index contributed by atoms with van der Waals surface area (Å²) in [6.07, 6.45) is -0.714. The molecule has 2 aromatic carbocycles. The van der Waals surface area contributed by atoms with Gasteiger partial charge in [0.25, 0.3) is 5.91 Å². The van der Waals surface area contributed by atoms with E-state index in [1.165, 1.54) is 18.2 Å². The highest BCUT2D eigenvalue weighted by atomic mass is 79.9. The SMILES string of the molecule is CC(Oc1cccc(Br)c1)C(=O)NCCNC(=O)c1nc(-c2ccccc2F)no1. The fourth-order valence-electron chi connectivity index (χ4n) is 2.45. The topological polar surface area (TPSA) is 106 Å². The van der Waals surface area contributed by atoms with Gasteiger partial charge in [0.2, 0.25) is 5.82 Å². The molecule has 8 nitrogen and oxygen atoms in total. The Morgan fingerprint density at radius 2 is 1.93 bits per heavy atom. The Morgan fingerprint density at radius 3 is 2.70 bits per heavy atom. The summed E-state index contributed by atoms with van der Waals surface area (Å²) in [7, 11) is 0. The first-order valence-electron chi connectivity index (χ1n) is 9.01. The number of carbonyl (C=O) groups is 2. The van der Waals surface area contributed by atoms with Gasteiger partial charge in [-0.25, -0.2) is 4.39 Å². The highest BCUT2D eigenvalue weighted by Gasteiger charge is 2.18. The second-order valence-electron chi connectivity index (χ2n) is 6.17. The minimum atomic E-state index is -0.714. The van der Waals surface area contributed by atoms with E-state index in [9.17, 15) is 14.0 Å². The van der Waals surface area contributed by atoms with Crippen LogP contribution in [0.2, 0.25) is 0 Å². The smallest absolute Gasteiger partial charge is 0.316 e. The highest BCUT2D eigenvalue weighted by Crippen LogP contribution is 2.19. The van der Waals surface area contributed by atoms with Gasteiger partial charge in [0, 0.05) is 17.6 Å². The van der Waals surface area contributed by atoms with Gasteiger partial charge in [0.15, 0.2) is 6.10 Å². The van der Waals surface area contributed by atoms with Crippen molar-refractivity contribution < 1.29 is 23.2 Å². The summed E-state index contributed by atoms with van der Waals surface area (Å²) >= 11 is 3.33. The maximum absolute atomic E-state index is 13.8. The summed E-state index contributed by atoms with van der Waals surface area (Å²) < 4.78 is 25.0. The monoisotopic (exact) mass is 476 g/mol. The molecule has 1 atom stereocenters. The summed E-state index contributed by atoms with van der Waals surface area (Å²) in [6, 6.07) is 13.0. The number of nitrogens with zero attached hydrogens (tertiary/aromatic N) is 2. The number of halogens is 2. The van der Waals surface area contributed by atoms with Crippen molar-refractivity contribution in [1.29, 1.82) is 0 Å². The molecule has 156 valence electrons. The molecular weight excluding hydrogens is 459 g/mol. The van der Waals surface area contributed by atoms with E-state index in [1.54, 1.807) is 31.2 Å². The van der Waals surface area contributed by atoms with Crippen molar-refractivity contribution in [2.45, 2.75) is 13.0 Å². The van der Waals surface area contributed by atoms with Crippen molar-refractivity contribution in [2.75, 3.05) is 13.1 Å². The molecular formula is C20H18BrFN4O4. The molecule has 0 saturated carbocycles. The first kappa shape index (κ1) is 21.4. The first-order valence-corrected chi connectivity index (χ1v) is 9.80. The second-order valence-corrected chi connectivity index (χ2v) is 7.08. The summed E-state index contributed by atoms with van der Waals surface area (Å²) in [5.41, 5.74) is 0.131. The number of carbonyl (C=O) groups excluding carboxylic acids is 2. The molecule has 2 amide bonds. The van der Waals surface area contributed by atoms with Crippen LogP contribution in [0.25, 0.3) is 11.4 Å². The van der Waals surface area contributed by atoms with Gasteiger partial charge in [-0.2, -0.15) is 4.98 Å². The van der Waals surface area contributed by atoms with Gasteiger partial charge in [-0.05, 0) is 37.3 Å². The quantitative estimate of drug-likeness (QED) is 0.484. The lowest BCUT2D eigenvalue weighted by molar-refractivity contribution is -0.127. The van der Waals surface area contributed by atoms with Crippen LogP contribution in [0, 0.1) is 5.82 Å². The van der Waals surface area contributed by atoms with E-state index in [1.807, 2.05) is 6.07 Å². The van der Waals surface area contributed by atoms with Gasteiger partial charge in [0.1, 0.15) is 11.6 Å². The molecule has 10 heteroatoms. The predicted molar refractivity (Wildman–Crippen MR) is 109 cm³/mol. The van der Waals surface area contributed by atoms with Crippen LogP contribution in [-0.4, -0.2) is 41.1 Å². The van der Waals surface area contributed by atoms with E-state index >= 15 is 0 Å². The van der Waals surface area contributed by atoms with Crippen LogP contribution in [0.15, 0.2) is 57.5 Å². The van der Waals surface area contributed by atoms with Gasteiger partial charge < -0.3 is 19.9 Å². The van der Waals surface area contributed by atoms with E-state index in [-0.39, 0.29) is 36.3 Å². The van der Waals surface area contributed by atoms with Crippen LogP contribution >= 0.6 is 15.9 Å². The maximum atomic E-state index is 13.8. The molecule has 1 aromatic heterocycles. The zero-order chi connectivity index (χ0) is 21.5. The van der Waals surface area contributed by atoms with Crippen LogP contribution in [-0.2, 0) is 4.79 Å². The lowest BCUT2D eigenvalue weighted by Crippen LogP contribution is -2.40. The molecule has 0 bridgehead atoms. The lowest BCUT2D eigenvalue weighted by Gasteiger charge is -2.15. The Labute approximate surface area is 179 Å². The Kier molecular flexibility index (Phi) is 7.12. The minimum Gasteiger partial charge on any atom is -0.481 e. The normalized spacial score (nSPS) is 11.6. The van der Waals surface area contributed by atoms with Crippen molar-refractivity contribution in [2.24, 2.45) is 0 Å². The molecule has 0 fully saturated rings. The molecule has 2 N–H and O–H groups in total. The van der Waals surface area contributed by atoms with Gasteiger partial charge >= 0.3 is 11.8 Å². The number of benzene rings is 2. The number of ether oxygens (including phenoxy) is 1. The van der Waals surface area contributed by atoms with E-state index in [0.29, 0.717) is 5.75 Å². The molecule has 1 unspecified atom stereocenters. The Hall–Kier alpha value is -3.27. The summed E-state index contributed by atoms with van der Waals surface area (Å²) in [6.45, 7) is 1.92. The second kappa shape index (κ2) is 9.97. The van der Waals surface area contributed by atoms with Crippen LogP contribution in [0.4, 0.5) is 4.39 Å². The number of hydrogen-bond donors (Lipinski definition) is 2. The molecule has 0 spiro atoms. The molecule has 3 aromatic rings. The van der Waals surface area contributed by atoms with E-state index < -0.39 is 17.8 Å². The fraction of sp³-hybridized carbons (Fsp3) is 0.200. The van der Waals surface area contributed by atoms with Crippen molar-refractivity contribution in [3.05, 3.63) is 64.7 Å². The minimum absolute atomic E-state index is 0.0231. The Balaban J connectivity index is 1.43. The van der Waals surface area contributed by atoms with Gasteiger partial charge in [-0.1, -0.05) is 39.3 Å². The van der Waals surface area contributed by atoms with Gasteiger partial charge in [0.05, 0.1) is 5.56 Å². The van der Waals surface area contributed by atoms with Crippen LogP contribution < -0.4 is 15.4 Å². The average molecular weight is 477 g/mol. The molecule has 0 aliphatic carbocycles. The van der Waals surface area contributed by atoms with Gasteiger partial charge in [-0.3, -0.25) is 9.59 Å². The third-order valence-electron chi connectivity index (χ3n) is 3.92. The largest absolute Gasteiger partial charge is 0.481 e. The molecule has 1 heterocycles. The third kappa shape index (κ3) is 5.63. The summed E-state index contributed by atoms with van der Waals surface area (Å²) in [5.74, 6) is -1.24. The van der Waals surface area contributed by atoms with Crippen molar-refractivity contribution in [3.63, 3.8) is 0 Å². The van der Waals surface area contributed by atoms with Gasteiger partial charge in [-0.15, -0.1) is 0 Å². The maximum Gasteiger partial charge on any atom is 0.316 e. The van der Waals surface area contributed by atoms with Crippen molar-refractivity contribution in [1.82, 2.24) is 20.8 Å².